The van der Waals surface area contributed by atoms with Crippen molar-refractivity contribution in [3.05, 3.63) is 59.8 Å². The maximum atomic E-state index is 13.3. The molecule has 0 saturated heterocycles. The second kappa shape index (κ2) is 10.4. The Hall–Kier alpha value is -3.96. The number of benzene rings is 1. The Labute approximate surface area is 207 Å². The molecule has 0 bridgehead atoms. The summed E-state index contributed by atoms with van der Waals surface area (Å²) in [6.07, 6.45) is -1.16. The van der Waals surface area contributed by atoms with E-state index in [9.17, 15) is 48.3 Å². The first-order chi connectivity index (χ1) is 17.5. The van der Waals surface area contributed by atoms with Gasteiger partial charge in [-0.2, -0.15) is 35.1 Å². The monoisotopic (exact) mass is 571 g/mol. The lowest BCUT2D eigenvalue weighted by Gasteiger charge is -2.17. The van der Waals surface area contributed by atoms with Gasteiger partial charge in [-0.25, -0.2) is 23.4 Å². The predicted octanol–water partition coefficient (Wildman–Crippen LogP) is 4.34. The summed E-state index contributed by atoms with van der Waals surface area (Å²) in [5, 5.41) is 2.19. The number of nitrogens with zero attached hydrogens (tertiary/aromatic N) is 4. The maximum Gasteiger partial charge on any atom is 0.501 e. The van der Waals surface area contributed by atoms with Gasteiger partial charge < -0.3 is 10.1 Å². The maximum absolute atomic E-state index is 13.3. The number of alkyl halides is 8. The SMILES string of the molecule is CC(NC(=O)c1cc(C(F)(F)F)cc(S(=O)(=O)C(F)(F)F)c1)c1nccnc1-c1ncc(OC(F)F)cn1. The topological polar surface area (TPSA) is 124 Å². The van der Waals surface area contributed by atoms with E-state index in [4.69, 9.17) is 0 Å². The zero-order chi connectivity index (χ0) is 28.5. The number of carbonyl (C=O) groups is 1. The molecule has 0 saturated carbocycles. The van der Waals surface area contributed by atoms with E-state index in [-0.39, 0.29) is 41.2 Å². The van der Waals surface area contributed by atoms with Gasteiger partial charge in [0.2, 0.25) is 0 Å². The van der Waals surface area contributed by atoms with Crippen molar-refractivity contribution >= 4 is 15.7 Å². The Balaban J connectivity index is 1.96. The van der Waals surface area contributed by atoms with E-state index >= 15 is 0 Å². The Morgan fingerprint density at radius 3 is 2.11 bits per heavy atom. The predicted molar refractivity (Wildman–Crippen MR) is 110 cm³/mol. The molecule has 38 heavy (non-hydrogen) atoms. The molecule has 2 heterocycles. The number of hydrogen-bond acceptors (Lipinski definition) is 8. The molecule has 1 unspecified atom stereocenters. The fourth-order valence-electron chi connectivity index (χ4n) is 2.97. The number of amides is 1. The number of hydrogen-bond donors (Lipinski definition) is 1. The van der Waals surface area contributed by atoms with Gasteiger partial charge in [0.25, 0.3) is 15.7 Å². The van der Waals surface area contributed by atoms with Gasteiger partial charge in [0.1, 0.15) is 5.69 Å². The highest BCUT2D eigenvalue weighted by Crippen LogP contribution is 2.36. The van der Waals surface area contributed by atoms with Crippen LogP contribution in [0.1, 0.15) is 34.6 Å². The van der Waals surface area contributed by atoms with Crippen molar-refractivity contribution in [1.29, 1.82) is 0 Å². The lowest BCUT2D eigenvalue weighted by atomic mass is 10.1. The first-order valence-electron chi connectivity index (χ1n) is 9.93. The van der Waals surface area contributed by atoms with Crippen LogP contribution in [0.25, 0.3) is 11.5 Å². The zero-order valence-corrected chi connectivity index (χ0v) is 19.4. The molecule has 9 nitrogen and oxygen atoms in total. The lowest BCUT2D eigenvalue weighted by Crippen LogP contribution is -2.29. The largest absolute Gasteiger partial charge is 0.501 e. The van der Waals surface area contributed by atoms with Gasteiger partial charge in [-0.05, 0) is 25.1 Å². The molecule has 204 valence electrons. The minimum absolute atomic E-state index is 0.0708. The molecular weight excluding hydrogens is 558 g/mol. The summed E-state index contributed by atoms with van der Waals surface area (Å²) in [4.78, 5) is 26.5. The van der Waals surface area contributed by atoms with E-state index in [0.29, 0.717) is 0 Å². The molecule has 1 amide bonds. The quantitative estimate of drug-likeness (QED) is 0.416. The van der Waals surface area contributed by atoms with E-state index in [0.717, 1.165) is 18.6 Å². The fourth-order valence-corrected chi connectivity index (χ4v) is 3.80. The zero-order valence-electron chi connectivity index (χ0n) is 18.5. The molecule has 3 rings (SSSR count). The van der Waals surface area contributed by atoms with Crippen LogP contribution in [0, 0.1) is 0 Å². The molecule has 2 aromatic heterocycles. The molecule has 0 aliphatic heterocycles. The molecule has 1 N–H and O–H groups in total. The normalized spacial score (nSPS) is 13.3. The van der Waals surface area contributed by atoms with Crippen LogP contribution in [0.15, 0.2) is 47.9 Å². The van der Waals surface area contributed by atoms with Gasteiger partial charge in [-0.1, -0.05) is 0 Å². The second-order valence-electron chi connectivity index (χ2n) is 7.30. The van der Waals surface area contributed by atoms with Crippen LogP contribution in [0.4, 0.5) is 35.1 Å². The van der Waals surface area contributed by atoms with Crippen molar-refractivity contribution in [3.63, 3.8) is 0 Å². The first kappa shape index (κ1) is 28.6. The number of aromatic nitrogens is 4. The van der Waals surface area contributed by atoms with Crippen LogP contribution in [0.2, 0.25) is 0 Å². The van der Waals surface area contributed by atoms with Crippen molar-refractivity contribution in [1.82, 2.24) is 25.3 Å². The van der Waals surface area contributed by atoms with Crippen molar-refractivity contribution in [2.45, 2.75) is 36.2 Å². The Bertz CT molecular complexity index is 1430. The van der Waals surface area contributed by atoms with Crippen molar-refractivity contribution in [2.24, 2.45) is 0 Å². The molecule has 18 heteroatoms. The summed E-state index contributed by atoms with van der Waals surface area (Å²) < 4.78 is 131. The van der Waals surface area contributed by atoms with Gasteiger partial charge in [-0.15, -0.1) is 0 Å². The summed E-state index contributed by atoms with van der Waals surface area (Å²) in [6.45, 7) is -1.87. The van der Waals surface area contributed by atoms with Gasteiger partial charge in [-0.3, -0.25) is 9.78 Å². The molecule has 1 aromatic carbocycles. The number of nitrogens with one attached hydrogen (secondary N) is 1. The number of rotatable bonds is 7. The van der Waals surface area contributed by atoms with E-state index in [1.54, 1.807) is 0 Å². The van der Waals surface area contributed by atoms with Gasteiger partial charge in [0, 0.05) is 18.0 Å². The number of carbonyl (C=O) groups excluding carboxylic acids is 1. The summed E-state index contributed by atoms with van der Waals surface area (Å²) in [6, 6.07) is -1.09. The molecule has 0 aliphatic carbocycles. The van der Waals surface area contributed by atoms with Crippen LogP contribution >= 0.6 is 0 Å². The third-order valence-electron chi connectivity index (χ3n) is 4.66. The molecule has 0 spiro atoms. The first-order valence-corrected chi connectivity index (χ1v) is 11.4. The van der Waals surface area contributed by atoms with Gasteiger partial charge in [0.05, 0.1) is 34.6 Å². The number of ether oxygens (including phenoxy) is 1. The third kappa shape index (κ3) is 6.29. The molecule has 0 fully saturated rings. The molecular formula is C20H13F8N5O4S. The van der Waals surface area contributed by atoms with Crippen LogP contribution in [0.3, 0.4) is 0 Å². The van der Waals surface area contributed by atoms with Gasteiger partial charge in [0.15, 0.2) is 11.6 Å². The minimum Gasteiger partial charge on any atom is -0.432 e. The smallest absolute Gasteiger partial charge is 0.432 e. The highest BCUT2D eigenvalue weighted by Gasteiger charge is 2.48. The average Bonchev–Trinajstić information content (AvgIpc) is 2.82. The van der Waals surface area contributed by atoms with Crippen molar-refractivity contribution in [2.75, 3.05) is 0 Å². The van der Waals surface area contributed by atoms with Crippen molar-refractivity contribution in [3.8, 4) is 17.3 Å². The van der Waals surface area contributed by atoms with E-state index < -0.39 is 56.1 Å². The van der Waals surface area contributed by atoms with E-state index in [1.165, 1.54) is 13.1 Å². The summed E-state index contributed by atoms with van der Waals surface area (Å²) >= 11 is 0. The summed E-state index contributed by atoms with van der Waals surface area (Å²) in [7, 11) is -6.23. The van der Waals surface area contributed by atoms with Crippen LogP contribution < -0.4 is 10.1 Å². The summed E-state index contributed by atoms with van der Waals surface area (Å²) in [5.41, 5.74) is -8.93. The number of sulfone groups is 1. The van der Waals surface area contributed by atoms with Crippen molar-refractivity contribution < 1.29 is 53.1 Å². The third-order valence-corrected chi connectivity index (χ3v) is 6.13. The van der Waals surface area contributed by atoms with E-state index in [2.05, 4.69) is 30.0 Å². The Kier molecular flexibility index (Phi) is 7.85. The van der Waals surface area contributed by atoms with Crippen LogP contribution in [-0.2, 0) is 16.0 Å². The Morgan fingerprint density at radius 2 is 1.55 bits per heavy atom. The highest BCUT2D eigenvalue weighted by molar-refractivity contribution is 7.92. The average molecular weight is 571 g/mol. The standard InChI is InChI=1S/C20H13F8N5O4S/c1-9(14-15(30-3-2-29-14)16-31-7-12(8-32-16)37-18(21)22)33-17(34)10-4-11(19(23,24)25)6-13(5-10)38(35,36)20(26,27)28/h2-9,18H,1H3,(H,33,34). The molecule has 3 aromatic rings. The molecule has 1 atom stereocenters. The molecule has 0 radical (unpaired) electrons. The minimum atomic E-state index is -6.23. The highest BCUT2D eigenvalue weighted by atomic mass is 32.2. The summed E-state index contributed by atoms with van der Waals surface area (Å²) in [5.74, 6) is -1.93. The van der Waals surface area contributed by atoms with E-state index in [1.807, 2.05) is 0 Å². The lowest BCUT2D eigenvalue weighted by molar-refractivity contribution is -0.137. The Morgan fingerprint density at radius 1 is 0.947 bits per heavy atom. The van der Waals surface area contributed by atoms with Gasteiger partial charge >= 0.3 is 18.3 Å². The second-order valence-corrected chi connectivity index (χ2v) is 9.24. The van der Waals surface area contributed by atoms with Crippen LogP contribution in [-0.4, -0.2) is 46.4 Å². The molecule has 0 aliphatic rings. The fraction of sp³-hybridized carbons (Fsp3) is 0.250. The number of halogens is 8. The van der Waals surface area contributed by atoms with Crippen LogP contribution in [0.5, 0.6) is 5.75 Å².